The average Bonchev–Trinajstić information content (AvgIpc) is 2.42. The highest BCUT2D eigenvalue weighted by molar-refractivity contribution is 7.92. The molecule has 0 aliphatic carbocycles. The highest BCUT2D eigenvalue weighted by Gasteiger charge is 2.04. The SMILES string of the molecule is CC(C)COCCCNS(=O)(=O)/C=C/c1ccc(Cl)cc1. The molecule has 1 aromatic rings. The highest BCUT2D eigenvalue weighted by Crippen LogP contribution is 2.11. The molecule has 1 N–H and O–H groups in total. The van der Waals surface area contributed by atoms with Gasteiger partial charge in [-0.05, 0) is 36.1 Å². The van der Waals surface area contributed by atoms with Crippen LogP contribution in [-0.2, 0) is 14.8 Å². The molecule has 0 aliphatic rings. The predicted molar refractivity (Wildman–Crippen MR) is 87.7 cm³/mol. The molecule has 0 fully saturated rings. The van der Waals surface area contributed by atoms with Crippen molar-refractivity contribution in [2.45, 2.75) is 20.3 Å². The van der Waals surface area contributed by atoms with Crippen LogP contribution in [0.25, 0.3) is 6.08 Å². The van der Waals surface area contributed by atoms with Gasteiger partial charge in [0.1, 0.15) is 0 Å². The minimum absolute atomic E-state index is 0.366. The lowest BCUT2D eigenvalue weighted by Crippen LogP contribution is -2.23. The third-order valence-electron chi connectivity index (χ3n) is 2.53. The Hall–Kier alpha value is -0.880. The third-order valence-corrected chi connectivity index (χ3v) is 3.88. The largest absolute Gasteiger partial charge is 0.381 e. The molecule has 21 heavy (non-hydrogen) atoms. The molecule has 1 rings (SSSR count). The van der Waals surface area contributed by atoms with Crippen molar-refractivity contribution in [1.29, 1.82) is 0 Å². The Bertz CT molecular complexity index is 539. The first kappa shape index (κ1) is 18.2. The molecular weight excluding hydrogens is 310 g/mol. The summed E-state index contributed by atoms with van der Waals surface area (Å²) in [5.74, 6) is 0.490. The van der Waals surface area contributed by atoms with Crippen LogP contribution in [0, 0.1) is 5.92 Å². The minimum atomic E-state index is -3.41. The van der Waals surface area contributed by atoms with E-state index in [9.17, 15) is 8.42 Å². The van der Waals surface area contributed by atoms with Crippen LogP contribution < -0.4 is 4.72 Å². The van der Waals surface area contributed by atoms with Gasteiger partial charge < -0.3 is 4.74 Å². The maximum atomic E-state index is 11.7. The minimum Gasteiger partial charge on any atom is -0.381 e. The quantitative estimate of drug-likeness (QED) is 0.706. The fourth-order valence-corrected chi connectivity index (χ4v) is 2.49. The van der Waals surface area contributed by atoms with E-state index in [4.69, 9.17) is 16.3 Å². The smallest absolute Gasteiger partial charge is 0.233 e. The molecule has 0 bridgehead atoms. The Labute approximate surface area is 132 Å². The van der Waals surface area contributed by atoms with E-state index < -0.39 is 10.0 Å². The number of ether oxygens (including phenoxy) is 1. The van der Waals surface area contributed by atoms with Gasteiger partial charge in [0, 0.05) is 30.2 Å². The van der Waals surface area contributed by atoms with Crippen LogP contribution in [0.5, 0.6) is 0 Å². The first-order valence-electron chi connectivity index (χ1n) is 6.90. The highest BCUT2D eigenvalue weighted by atomic mass is 35.5. The van der Waals surface area contributed by atoms with Gasteiger partial charge in [0.05, 0.1) is 0 Å². The molecule has 0 saturated heterocycles. The van der Waals surface area contributed by atoms with Crippen LogP contribution in [0.1, 0.15) is 25.8 Å². The van der Waals surface area contributed by atoms with Gasteiger partial charge in [-0.3, -0.25) is 0 Å². The van der Waals surface area contributed by atoms with Crippen molar-refractivity contribution < 1.29 is 13.2 Å². The summed E-state index contributed by atoms with van der Waals surface area (Å²) >= 11 is 5.76. The van der Waals surface area contributed by atoms with Crippen LogP contribution in [0.4, 0.5) is 0 Å². The number of rotatable bonds is 9. The van der Waals surface area contributed by atoms with Gasteiger partial charge in [-0.15, -0.1) is 0 Å². The average molecular weight is 332 g/mol. The van der Waals surface area contributed by atoms with Gasteiger partial charge in [-0.1, -0.05) is 37.6 Å². The van der Waals surface area contributed by atoms with Crippen molar-refractivity contribution in [3.05, 3.63) is 40.3 Å². The Kier molecular flexibility index (Phi) is 7.96. The van der Waals surface area contributed by atoms with Gasteiger partial charge in [0.2, 0.25) is 10.0 Å². The van der Waals surface area contributed by atoms with Gasteiger partial charge in [0.15, 0.2) is 0 Å². The summed E-state index contributed by atoms with van der Waals surface area (Å²) in [4.78, 5) is 0. The summed E-state index contributed by atoms with van der Waals surface area (Å²) in [6, 6.07) is 6.95. The number of hydrogen-bond acceptors (Lipinski definition) is 3. The first-order valence-corrected chi connectivity index (χ1v) is 8.82. The number of halogens is 1. The second kappa shape index (κ2) is 9.20. The van der Waals surface area contributed by atoms with Crippen LogP contribution in [0.2, 0.25) is 5.02 Å². The fraction of sp³-hybridized carbons (Fsp3) is 0.467. The van der Waals surface area contributed by atoms with Crippen molar-refractivity contribution in [1.82, 2.24) is 4.72 Å². The predicted octanol–water partition coefficient (Wildman–Crippen LogP) is 3.29. The van der Waals surface area contributed by atoms with Gasteiger partial charge in [-0.2, -0.15) is 0 Å². The summed E-state index contributed by atoms with van der Waals surface area (Å²) in [6.07, 6.45) is 2.19. The molecular formula is C15H22ClNO3S. The van der Waals surface area contributed by atoms with E-state index in [0.29, 0.717) is 37.1 Å². The number of benzene rings is 1. The Morgan fingerprint density at radius 3 is 2.57 bits per heavy atom. The molecule has 0 radical (unpaired) electrons. The summed E-state index contributed by atoms with van der Waals surface area (Å²) in [5, 5.41) is 1.78. The Morgan fingerprint density at radius 1 is 1.29 bits per heavy atom. The molecule has 0 aromatic heterocycles. The van der Waals surface area contributed by atoms with Crippen LogP contribution in [0.3, 0.4) is 0 Å². The van der Waals surface area contributed by atoms with Crippen molar-refractivity contribution in [3.63, 3.8) is 0 Å². The monoisotopic (exact) mass is 331 g/mol. The lowest BCUT2D eigenvalue weighted by molar-refractivity contribution is 0.109. The van der Waals surface area contributed by atoms with E-state index in [-0.39, 0.29) is 0 Å². The van der Waals surface area contributed by atoms with E-state index in [1.54, 1.807) is 24.3 Å². The zero-order valence-corrected chi connectivity index (χ0v) is 14.0. The molecule has 0 heterocycles. The Morgan fingerprint density at radius 2 is 1.95 bits per heavy atom. The van der Waals surface area contributed by atoms with Gasteiger partial charge in [-0.25, -0.2) is 13.1 Å². The molecule has 0 amide bonds. The number of nitrogens with one attached hydrogen (secondary N) is 1. The standard InChI is InChI=1S/C15H22ClNO3S/c1-13(2)12-20-10-3-9-17-21(18,19)11-8-14-4-6-15(16)7-5-14/h4-8,11,13,17H,3,9-10,12H2,1-2H3/b11-8+. The number of sulfonamides is 1. The fourth-order valence-electron chi connectivity index (χ4n) is 1.50. The molecule has 0 atom stereocenters. The van der Waals surface area contributed by atoms with Crippen LogP contribution >= 0.6 is 11.6 Å². The topological polar surface area (TPSA) is 55.4 Å². The number of hydrogen-bond donors (Lipinski definition) is 1. The summed E-state index contributed by atoms with van der Waals surface area (Å²) in [6.45, 7) is 5.77. The van der Waals surface area contributed by atoms with Crippen molar-refractivity contribution >= 4 is 27.7 Å². The van der Waals surface area contributed by atoms with Crippen molar-refractivity contribution in [2.24, 2.45) is 5.92 Å². The molecule has 118 valence electrons. The lowest BCUT2D eigenvalue weighted by Gasteiger charge is -2.06. The van der Waals surface area contributed by atoms with E-state index in [2.05, 4.69) is 18.6 Å². The molecule has 6 heteroatoms. The van der Waals surface area contributed by atoms with Gasteiger partial charge in [0.25, 0.3) is 0 Å². The van der Waals surface area contributed by atoms with Crippen molar-refractivity contribution in [2.75, 3.05) is 19.8 Å². The van der Waals surface area contributed by atoms with E-state index in [1.807, 2.05) is 0 Å². The molecule has 0 spiro atoms. The molecule has 1 aromatic carbocycles. The zero-order chi connectivity index (χ0) is 15.7. The summed E-state index contributed by atoms with van der Waals surface area (Å²) < 4.78 is 31.4. The first-order chi connectivity index (χ1) is 9.89. The molecule has 0 unspecified atom stereocenters. The van der Waals surface area contributed by atoms with Crippen LogP contribution in [0.15, 0.2) is 29.7 Å². The summed E-state index contributed by atoms with van der Waals surface area (Å²) in [7, 11) is -3.41. The van der Waals surface area contributed by atoms with E-state index >= 15 is 0 Å². The van der Waals surface area contributed by atoms with E-state index in [1.165, 1.54) is 6.08 Å². The van der Waals surface area contributed by atoms with Crippen LogP contribution in [-0.4, -0.2) is 28.2 Å². The molecule has 0 saturated carbocycles. The second-order valence-electron chi connectivity index (χ2n) is 5.12. The van der Waals surface area contributed by atoms with Gasteiger partial charge >= 0.3 is 0 Å². The maximum Gasteiger partial charge on any atom is 0.233 e. The molecule has 4 nitrogen and oxygen atoms in total. The Balaban J connectivity index is 2.31. The van der Waals surface area contributed by atoms with Crippen molar-refractivity contribution in [3.8, 4) is 0 Å². The summed E-state index contributed by atoms with van der Waals surface area (Å²) in [5.41, 5.74) is 0.782. The normalized spacial score (nSPS) is 12.4. The lowest BCUT2D eigenvalue weighted by atomic mass is 10.2. The molecule has 0 aliphatic heterocycles. The maximum absolute atomic E-state index is 11.7. The third kappa shape index (κ3) is 8.88. The zero-order valence-electron chi connectivity index (χ0n) is 12.4. The van der Waals surface area contributed by atoms with E-state index in [0.717, 1.165) is 11.0 Å². The second-order valence-corrected chi connectivity index (χ2v) is 7.20.